The second kappa shape index (κ2) is 8.98. The molecule has 0 aromatic heterocycles. The van der Waals surface area contributed by atoms with Gasteiger partial charge in [0.05, 0.1) is 11.8 Å². The Bertz CT molecular complexity index is 910. The molecule has 1 heterocycles. The molecule has 29 heavy (non-hydrogen) atoms. The molecule has 0 bridgehead atoms. The normalized spacial score (nSPS) is 18.6. The number of aliphatic hydroxyl groups excluding tert-OH is 1. The van der Waals surface area contributed by atoms with E-state index < -0.39 is 24.0 Å². The van der Waals surface area contributed by atoms with Gasteiger partial charge < -0.3 is 20.2 Å². The molecule has 0 radical (unpaired) electrons. The van der Waals surface area contributed by atoms with Gasteiger partial charge in [0.25, 0.3) is 0 Å². The largest absolute Gasteiger partial charge is 0.391 e. The highest BCUT2D eigenvalue weighted by Crippen LogP contribution is 2.24. The molecule has 0 aliphatic carbocycles. The smallest absolute Gasteiger partial charge is 0.322 e. The third kappa shape index (κ3) is 5.18. The first-order valence-electron chi connectivity index (χ1n) is 8.94. The van der Waals surface area contributed by atoms with E-state index in [0.29, 0.717) is 11.6 Å². The Hall–Kier alpha value is -2.35. The number of halogens is 3. The molecule has 1 fully saturated rings. The number of benzene rings is 2. The van der Waals surface area contributed by atoms with E-state index in [4.69, 9.17) is 23.2 Å². The Morgan fingerprint density at radius 3 is 2.52 bits per heavy atom. The lowest BCUT2D eigenvalue weighted by Gasteiger charge is -2.28. The summed E-state index contributed by atoms with van der Waals surface area (Å²) in [5.74, 6) is -1.00. The first-order valence-corrected chi connectivity index (χ1v) is 9.70. The zero-order valence-corrected chi connectivity index (χ0v) is 17.1. The molecule has 2 aromatic rings. The SMILES string of the molecule is CN(Cc1ccc(Cl)cc1)C(=O)[C@H]1C[C@H](O)CN1C(=O)Nc1ccc(Cl)cc1F. The van der Waals surface area contributed by atoms with Crippen molar-refractivity contribution in [2.24, 2.45) is 0 Å². The summed E-state index contributed by atoms with van der Waals surface area (Å²) in [6.07, 6.45) is -0.728. The molecule has 3 amide bonds. The molecule has 2 aromatic carbocycles. The van der Waals surface area contributed by atoms with Crippen molar-refractivity contribution in [3.05, 3.63) is 63.9 Å². The summed E-state index contributed by atoms with van der Waals surface area (Å²) in [5, 5.41) is 13.3. The summed E-state index contributed by atoms with van der Waals surface area (Å²) in [7, 11) is 1.62. The number of likely N-dealkylation sites (N-methyl/N-ethyl adjacent to an activating group) is 1. The number of hydrogen-bond acceptors (Lipinski definition) is 3. The van der Waals surface area contributed by atoms with Crippen molar-refractivity contribution < 1.29 is 19.1 Å². The van der Waals surface area contributed by atoms with E-state index in [1.165, 1.54) is 21.9 Å². The molecule has 1 aliphatic heterocycles. The minimum Gasteiger partial charge on any atom is -0.391 e. The van der Waals surface area contributed by atoms with E-state index in [0.717, 1.165) is 11.6 Å². The number of nitrogens with zero attached hydrogens (tertiary/aromatic N) is 2. The van der Waals surface area contributed by atoms with Crippen molar-refractivity contribution >= 4 is 40.8 Å². The van der Waals surface area contributed by atoms with Gasteiger partial charge in [0.15, 0.2) is 0 Å². The molecule has 6 nitrogen and oxygen atoms in total. The predicted octanol–water partition coefficient (Wildman–Crippen LogP) is 3.76. The van der Waals surface area contributed by atoms with Crippen LogP contribution in [0.25, 0.3) is 0 Å². The Labute approximate surface area is 177 Å². The summed E-state index contributed by atoms with van der Waals surface area (Å²) < 4.78 is 14.0. The number of hydrogen-bond donors (Lipinski definition) is 2. The van der Waals surface area contributed by atoms with E-state index in [1.54, 1.807) is 19.2 Å². The van der Waals surface area contributed by atoms with Crippen LogP contribution in [0.3, 0.4) is 0 Å². The lowest BCUT2D eigenvalue weighted by molar-refractivity contribution is -0.134. The second-order valence-electron chi connectivity index (χ2n) is 6.93. The van der Waals surface area contributed by atoms with E-state index >= 15 is 0 Å². The average molecular weight is 440 g/mol. The van der Waals surface area contributed by atoms with Crippen LogP contribution < -0.4 is 5.32 Å². The van der Waals surface area contributed by atoms with Crippen molar-refractivity contribution in [1.29, 1.82) is 0 Å². The highest BCUT2D eigenvalue weighted by molar-refractivity contribution is 6.30. The van der Waals surface area contributed by atoms with Crippen LogP contribution in [0.2, 0.25) is 10.0 Å². The Morgan fingerprint density at radius 1 is 1.21 bits per heavy atom. The van der Waals surface area contributed by atoms with Crippen LogP contribution in [0.4, 0.5) is 14.9 Å². The van der Waals surface area contributed by atoms with Gasteiger partial charge in [-0.25, -0.2) is 9.18 Å². The quantitative estimate of drug-likeness (QED) is 0.761. The van der Waals surface area contributed by atoms with Crippen LogP contribution in [0.1, 0.15) is 12.0 Å². The van der Waals surface area contributed by atoms with Gasteiger partial charge in [-0.2, -0.15) is 0 Å². The van der Waals surface area contributed by atoms with Gasteiger partial charge in [0, 0.05) is 36.6 Å². The summed E-state index contributed by atoms with van der Waals surface area (Å²) >= 11 is 11.6. The molecule has 0 saturated carbocycles. The van der Waals surface area contributed by atoms with Crippen LogP contribution in [0.15, 0.2) is 42.5 Å². The minimum atomic E-state index is -0.849. The fourth-order valence-corrected chi connectivity index (χ4v) is 3.53. The number of aliphatic hydroxyl groups is 1. The van der Waals surface area contributed by atoms with Crippen LogP contribution in [-0.2, 0) is 11.3 Å². The zero-order chi connectivity index (χ0) is 21.1. The number of rotatable bonds is 4. The highest BCUT2D eigenvalue weighted by atomic mass is 35.5. The van der Waals surface area contributed by atoms with Crippen molar-refractivity contribution in [3.63, 3.8) is 0 Å². The number of likely N-dealkylation sites (tertiary alicyclic amines) is 1. The minimum absolute atomic E-state index is 0.0216. The molecular weight excluding hydrogens is 420 g/mol. The topological polar surface area (TPSA) is 72.9 Å². The molecule has 1 aliphatic rings. The second-order valence-corrected chi connectivity index (χ2v) is 7.81. The van der Waals surface area contributed by atoms with E-state index in [-0.39, 0.29) is 29.6 Å². The summed E-state index contributed by atoms with van der Waals surface area (Å²) in [5.41, 5.74) is 0.824. The number of anilines is 1. The molecular formula is C20H20Cl2FN3O3. The van der Waals surface area contributed by atoms with Crippen LogP contribution in [0, 0.1) is 5.82 Å². The average Bonchev–Trinajstić information content (AvgIpc) is 3.07. The highest BCUT2D eigenvalue weighted by Gasteiger charge is 2.40. The van der Waals surface area contributed by atoms with Gasteiger partial charge in [0.2, 0.25) is 5.91 Å². The van der Waals surface area contributed by atoms with Crippen LogP contribution in [-0.4, -0.2) is 52.6 Å². The number of amides is 3. The summed E-state index contributed by atoms with van der Waals surface area (Å²) in [4.78, 5) is 28.3. The maximum atomic E-state index is 14.0. The van der Waals surface area contributed by atoms with E-state index in [2.05, 4.69) is 5.32 Å². The molecule has 154 valence electrons. The van der Waals surface area contributed by atoms with Gasteiger partial charge in [-0.05, 0) is 35.9 Å². The van der Waals surface area contributed by atoms with E-state index in [9.17, 15) is 19.1 Å². The first kappa shape index (κ1) is 21.4. The Balaban J connectivity index is 1.70. The number of carbonyl (C=O) groups excluding carboxylic acids is 2. The summed E-state index contributed by atoms with van der Waals surface area (Å²) in [6, 6.07) is 9.43. The number of β-amino-alcohol motifs (C(OH)–C–C–N with tert-alkyl or cyclic N) is 1. The Morgan fingerprint density at radius 2 is 1.86 bits per heavy atom. The molecule has 2 N–H and O–H groups in total. The lowest BCUT2D eigenvalue weighted by Crippen LogP contribution is -2.47. The van der Waals surface area contributed by atoms with E-state index in [1.807, 2.05) is 12.1 Å². The summed E-state index contributed by atoms with van der Waals surface area (Å²) in [6.45, 7) is 0.302. The van der Waals surface area contributed by atoms with Gasteiger partial charge in [-0.3, -0.25) is 4.79 Å². The number of nitrogens with one attached hydrogen (secondary N) is 1. The fraction of sp³-hybridized carbons (Fsp3) is 0.300. The molecule has 0 spiro atoms. The van der Waals surface area contributed by atoms with Crippen LogP contribution >= 0.6 is 23.2 Å². The van der Waals surface area contributed by atoms with Crippen LogP contribution in [0.5, 0.6) is 0 Å². The molecule has 9 heteroatoms. The van der Waals surface area contributed by atoms with Crippen molar-refractivity contribution in [1.82, 2.24) is 9.80 Å². The molecule has 2 atom stereocenters. The molecule has 0 unspecified atom stereocenters. The Kier molecular flexibility index (Phi) is 6.62. The number of urea groups is 1. The zero-order valence-electron chi connectivity index (χ0n) is 15.6. The maximum Gasteiger partial charge on any atom is 0.322 e. The van der Waals surface area contributed by atoms with Gasteiger partial charge in [0.1, 0.15) is 11.9 Å². The third-order valence-electron chi connectivity index (χ3n) is 4.71. The predicted molar refractivity (Wildman–Crippen MR) is 109 cm³/mol. The number of carbonyl (C=O) groups is 2. The molecule has 1 saturated heterocycles. The van der Waals surface area contributed by atoms with Gasteiger partial charge in [-0.15, -0.1) is 0 Å². The molecule has 3 rings (SSSR count). The third-order valence-corrected chi connectivity index (χ3v) is 5.19. The van der Waals surface area contributed by atoms with Gasteiger partial charge >= 0.3 is 6.03 Å². The standard InChI is InChI=1S/C20H20Cl2FN3O3/c1-25(10-12-2-4-13(21)5-3-12)19(28)18-9-15(27)11-26(18)20(29)24-17-7-6-14(22)8-16(17)23/h2-8,15,18,27H,9-11H2,1H3,(H,24,29)/t15-,18+/m0/s1. The first-order chi connectivity index (χ1) is 13.7. The van der Waals surface area contributed by atoms with Gasteiger partial charge in [-0.1, -0.05) is 35.3 Å². The van der Waals surface area contributed by atoms with Crippen molar-refractivity contribution in [2.45, 2.75) is 25.1 Å². The van der Waals surface area contributed by atoms with Crippen molar-refractivity contribution in [3.8, 4) is 0 Å². The monoisotopic (exact) mass is 439 g/mol. The maximum absolute atomic E-state index is 14.0. The lowest BCUT2D eigenvalue weighted by atomic mass is 10.1. The fourth-order valence-electron chi connectivity index (χ4n) is 3.25. The van der Waals surface area contributed by atoms with Crippen molar-refractivity contribution in [2.75, 3.05) is 18.9 Å².